The van der Waals surface area contributed by atoms with Gasteiger partial charge >= 0.3 is 0 Å². The lowest BCUT2D eigenvalue weighted by atomic mass is 10.00. The molecule has 1 aliphatic rings. The maximum atomic E-state index is 13.8. The Bertz CT molecular complexity index is 1700. The Balaban J connectivity index is 1.63. The van der Waals surface area contributed by atoms with Crippen molar-refractivity contribution in [2.75, 3.05) is 5.32 Å². The van der Waals surface area contributed by atoms with Crippen molar-refractivity contribution in [2.24, 2.45) is 4.99 Å². The van der Waals surface area contributed by atoms with E-state index in [0.29, 0.717) is 43.7 Å². The van der Waals surface area contributed by atoms with E-state index in [1.54, 1.807) is 11.5 Å². The molecule has 6 nitrogen and oxygen atoms in total. The zero-order chi connectivity index (χ0) is 26.3. The Labute approximate surface area is 219 Å². The smallest absolute Gasteiger partial charge is 0.271 e. The normalized spacial score (nSPS) is 15.6. The zero-order valence-corrected chi connectivity index (χ0v) is 22.3. The van der Waals surface area contributed by atoms with Crippen LogP contribution in [0, 0.1) is 13.8 Å². The van der Waals surface area contributed by atoms with Gasteiger partial charge in [0.2, 0.25) is 0 Å². The Morgan fingerprint density at radius 1 is 1.05 bits per heavy atom. The summed E-state index contributed by atoms with van der Waals surface area (Å²) in [5.41, 5.74) is 4.58. The topological polar surface area (TPSA) is 76.6 Å². The van der Waals surface area contributed by atoms with E-state index >= 15 is 0 Å². The fourth-order valence-corrected chi connectivity index (χ4v) is 5.56. The fourth-order valence-electron chi connectivity index (χ4n) is 4.51. The van der Waals surface area contributed by atoms with Crippen molar-refractivity contribution in [3.05, 3.63) is 120 Å². The largest absolute Gasteiger partial charge is 0.464 e. The van der Waals surface area contributed by atoms with Gasteiger partial charge in [0.1, 0.15) is 17.6 Å². The summed E-state index contributed by atoms with van der Waals surface area (Å²) in [5.74, 6) is 1.35. The molecule has 7 heteroatoms. The molecule has 188 valence electrons. The van der Waals surface area contributed by atoms with E-state index in [4.69, 9.17) is 9.41 Å². The maximum Gasteiger partial charge on any atom is 0.271 e. The minimum absolute atomic E-state index is 0.204. The predicted octanol–water partition coefficient (Wildman–Crippen LogP) is 5.21. The van der Waals surface area contributed by atoms with E-state index in [2.05, 4.69) is 31.3 Å². The second kappa shape index (κ2) is 9.82. The third-order valence-corrected chi connectivity index (χ3v) is 7.57. The first-order valence-corrected chi connectivity index (χ1v) is 13.1. The van der Waals surface area contributed by atoms with Crippen LogP contribution in [0.1, 0.15) is 60.9 Å². The molecule has 0 aliphatic carbocycles. The third-order valence-electron chi connectivity index (χ3n) is 6.59. The first kappa shape index (κ1) is 24.7. The van der Waals surface area contributed by atoms with Crippen molar-refractivity contribution in [2.45, 2.75) is 46.6 Å². The van der Waals surface area contributed by atoms with Crippen LogP contribution in [0.3, 0.4) is 0 Å². The van der Waals surface area contributed by atoms with E-state index in [1.165, 1.54) is 16.9 Å². The molecule has 3 heterocycles. The Morgan fingerprint density at radius 2 is 1.78 bits per heavy atom. The van der Waals surface area contributed by atoms with Gasteiger partial charge in [-0.3, -0.25) is 14.2 Å². The quantitative estimate of drug-likeness (QED) is 0.400. The van der Waals surface area contributed by atoms with Crippen molar-refractivity contribution in [1.82, 2.24) is 4.57 Å². The first-order valence-electron chi connectivity index (χ1n) is 12.3. The highest BCUT2D eigenvalue weighted by molar-refractivity contribution is 7.07. The predicted molar refractivity (Wildman–Crippen MR) is 148 cm³/mol. The lowest BCUT2D eigenvalue weighted by Gasteiger charge is -2.23. The van der Waals surface area contributed by atoms with Crippen LogP contribution >= 0.6 is 11.3 Å². The van der Waals surface area contributed by atoms with Crippen LogP contribution in [-0.2, 0) is 4.79 Å². The lowest BCUT2D eigenvalue weighted by molar-refractivity contribution is -0.113. The van der Waals surface area contributed by atoms with Gasteiger partial charge in [-0.25, -0.2) is 4.99 Å². The van der Waals surface area contributed by atoms with Gasteiger partial charge in [0.15, 0.2) is 4.80 Å². The highest BCUT2D eigenvalue weighted by Gasteiger charge is 2.34. The summed E-state index contributed by atoms with van der Waals surface area (Å²) in [6.07, 6.45) is 1.88. The van der Waals surface area contributed by atoms with Crippen molar-refractivity contribution in [3.8, 4) is 0 Å². The Kier molecular flexibility index (Phi) is 6.56. The van der Waals surface area contributed by atoms with Crippen LogP contribution < -0.4 is 20.2 Å². The number of carbonyl (C=O) groups excluding carboxylic acids is 1. The second-order valence-electron chi connectivity index (χ2n) is 9.62. The molecule has 2 aromatic heterocycles. The van der Waals surface area contributed by atoms with E-state index < -0.39 is 6.04 Å². The van der Waals surface area contributed by atoms with Crippen LogP contribution in [0.15, 0.2) is 86.1 Å². The molecule has 5 rings (SSSR count). The minimum Gasteiger partial charge on any atom is -0.464 e. The molecule has 1 atom stereocenters. The number of furan rings is 1. The number of hydrogen-bond donors (Lipinski definition) is 1. The average Bonchev–Trinajstić information content (AvgIpc) is 3.42. The van der Waals surface area contributed by atoms with Crippen molar-refractivity contribution >= 4 is 29.0 Å². The van der Waals surface area contributed by atoms with E-state index in [0.717, 1.165) is 11.1 Å². The molecule has 1 amide bonds. The molecule has 0 saturated carbocycles. The van der Waals surface area contributed by atoms with E-state index in [9.17, 15) is 9.59 Å². The van der Waals surface area contributed by atoms with Gasteiger partial charge in [-0.1, -0.05) is 67.6 Å². The van der Waals surface area contributed by atoms with Crippen LogP contribution in [0.4, 0.5) is 5.69 Å². The molecule has 1 unspecified atom stereocenters. The summed E-state index contributed by atoms with van der Waals surface area (Å²) in [6.45, 7) is 9.89. The summed E-state index contributed by atoms with van der Waals surface area (Å²) < 4.78 is 8.11. The highest BCUT2D eigenvalue weighted by Crippen LogP contribution is 2.32. The molecule has 37 heavy (non-hydrogen) atoms. The zero-order valence-electron chi connectivity index (χ0n) is 21.5. The number of hydrogen-bond acceptors (Lipinski definition) is 5. The number of amides is 1. The Morgan fingerprint density at radius 3 is 2.43 bits per heavy atom. The average molecular weight is 512 g/mol. The van der Waals surface area contributed by atoms with E-state index in [1.807, 2.05) is 68.5 Å². The number of fused-ring (bicyclic) bond motifs is 1. The first-order chi connectivity index (χ1) is 17.7. The van der Waals surface area contributed by atoms with Crippen molar-refractivity contribution in [1.29, 1.82) is 0 Å². The van der Waals surface area contributed by atoms with Crippen LogP contribution in [-0.4, -0.2) is 10.5 Å². The molecule has 1 N–H and O–H groups in total. The number of nitrogens with one attached hydrogen (secondary N) is 1. The van der Waals surface area contributed by atoms with Gasteiger partial charge in [-0.15, -0.1) is 0 Å². The molecule has 0 bridgehead atoms. The van der Waals surface area contributed by atoms with Crippen molar-refractivity contribution in [3.63, 3.8) is 0 Å². The lowest BCUT2D eigenvalue weighted by Crippen LogP contribution is -2.40. The van der Waals surface area contributed by atoms with Crippen LogP contribution in [0.2, 0.25) is 0 Å². The minimum atomic E-state index is -0.723. The van der Waals surface area contributed by atoms with Gasteiger partial charge in [0, 0.05) is 5.69 Å². The van der Waals surface area contributed by atoms with Crippen LogP contribution in [0.5, 0.6) is 0 Å². The van der Waals surface area contributed by atoms with Gasteiger partial charge < -0.3 is 9.73 Å². The summed E-state index contributed by atoms with van der Waals surface area (Å²) in [7, 11) is 0. The van der Waals surface area contributed by atoms with Crippen molar-refractivity contribution < 1.29 is 9.21 Å². The maximum absolute atomic E-state index is 13.8. The number of rotatable bonds is 5. The Hall–Kier alpha value is -3.97. The molecule has 4 aromatic rings. The molecule has 0 saturated heterocycles. The SMILES string of the molecule is CC1=C(C(=O)Nc2ccccc2C)C(c2ccc(C)o2)n2c(s/c(=C/c3ccc(C(C)C)cc3)c2=O)=N1. The number of benzene rings is 2. The number of allylic oxidation sites excluding steroid dienone is 1. The summed E-state index contributed by atoms with van der Waals surface area (Å²) in [5, 5.41) is 3.01. The number of carbonyl (C=O) groups is 1. The number of thiazole rings is 1. The molecule has 2 aromatic carbocycles. The number of para-hydroxylation sites is 1. The number of nitrogens with zero attached hydrogens (tertiary/aromatic N) is 2. The summed E-state index contributed by atoms with van der Waals surface area (Å²) >= 11 is 1.32. The molecule has 1 aliphatic heterocycles. The number of aryl methyl sites for hydroxylation is 2. The monoisotopic (exact) mass is 511 g/mol. The molecular weight excluding hydrogens is 482 g/mol. The second-order valence-corrected chi connectivity index (χ2v) is 10.6. The summed E-state index contributed by atoms with van der Waals surface area (Å²) in [6, 6.07) is 18.7. The highest BCUT2D eigenvalue weighted by atomic mass is 32.1. The number of aromatic nitrogens is 1. The van der Waals surface area contributed by atoms with Gasteiger partial charge in [-0.2, -0.15) is 0 Å². The molecule has 0 spiro atoms. The summed E-state index contributed by atoms with van der Waals surface area (Å²) in [4.78, 5) is 32.6. The van der Waals surface area contributed by atoms with Crippen LogP contribution in [0.25, 0.3) is 6.08 Å². The molecule has 0 fully saturated rings. The molecule has 0 radical (unpaired) electrons. The fraction of sp³-hybridized carbons (Fsp3) is 0.233. The third kappa shape index (κ3) is 4.74. The van der Waals surface area contributed by atoms with Gasteiger partial charge in [-0.05, 0) is 67.7 Å². The molecular formula is C30H29N3O3S. The number of anilines is 1. The standard InChI is InChI=1S/C30H29N3O3S/c1-17(2)22-13-11-21(12-14-22)16-25-29(35)33-27(24-15-10-19(4)36-24)26(20(5)31-30(33)37-25)28(34)32-23-9-7-6-8-18(23)3/h6-17,27H,1-5H3,(H,32,34)/b25-16+. The van der Waals surface area contributed by atoms with E-state index in [-0.39, 0.29) is 11.5 Å². The van der Waals surface area contributed by atoms with Gasteiger partial charge in [0.25, 0.3) is 11.5 Å². The van der Waals surface area contributed by atoms with Gasteiger partial charge in [0.05, 0.1) is 15.8 Å².